The zero-order valence-corrected chi connectivity index (χ0v) is 17.7. The molecule has 5 rings (SSSR count). The molecule has 1 fully saturated rings. The molecule has 0 atom stereocenters. The molecule has 158 valence electrons. The van der Waals surface area contributed by atoms with Crippen molar-refractivity contribution in [2.45, 2.75) is 43.3 Å². The van der Waals surface area contributed by atoms with E-state index in [9.17, 15) is 4.79 Å². The fourth-order valence-electron chi connectivity index (χ4n) is 4.00. The van der Waals surface area contributed by atoms with Gasteiger partial charge in [-0.1, -0.05) is 43.2 Å². The van der Waals surface area contributed by atoms with E-state index < -0.39 is 0 Å². The summed E-state index contributed by atoms with van der Waals surface area (Å²) in [7, 11) is 0. The Labute approximate surface area is 184 Å². The Balaban J connectivity index is 1.40. The third kappa shape index (κ3) is 4.18. The van der Waals surface area contributed by atoms with E-state index in [1.807, 2.05) is 18.2 Å². The smallest absolute Gasteiger partial charge is 0.275 e. The third-order valence-electron chi connectivity index (χ3n) is 5.51. The highest BCUT2D eigenvalue weighted by molar-refractivity contribution is 7.99. The van der Waals surface area contributed by atoms with Crippen LogP contribution in [0.25, 0.3) is 11.4 Å². The summed E-state index contributed by atoms with van der Waals surface area (Å²) >= 11 is 1.51. The summed E-state index contributed by atoms with van der Waals surface area (Å²) in [6.07, 6.45) is 9.47. The molecule has 0 spiro atoms. The number of fused-ring (bicyclic) bond motifs is 1. The number of para-hydroxylation sites is 1. The maximum Gasteiger partial charge on any atom is 0.275 e. The fraction of sp³-hybridized carbons (Fsp3) is 0.318. The maximum absolute atomic E-state index is 12.2. The molecule has 31 heavy (non-hydrogen) atoms. The van der Waals surface area contributed by atoms with Crippen molar-refractivity contribution in [1.29, 1.82) is 0 Å². The summed E-state index contributed by atoms with van der Waals surface area (Å²) in [6, 6.07) is 11.4. The number of pyridine rings is 1. The first kappa shape index (κ1) is 19.7. The summed E-state index contributed by atoms with van der Waals surface area (Å²) in [5.74, 6) is 1.94. The summed E-state index contributed by atoms with van der Waals surface area (Å²) in [6.45, 7) is 0. The van der Waals surface area contributed by atoms with Crippen LogP contribution in [0.15, 0.2) is 59.0 Å². The number of rotatable bonds is 5. The van der Waals surface area contributed by atoms with Crippen molar-refractivity contribution in [3.05, 3.63) is 54.4 Å². The number of hydrazone groups is 1. The third-order valence-corrected chi connectivity index (χ3v) is 6.44. The summed E-state index contributed by atoms with van der Waals surface area (Å²) in [5, 5.41) is 14.0. The molecule has 8 nitrogen and oxygen atoms in total. The molecule has 2 aliphatic rings. The van der Waals surface area contributed by atoms with Crippen molar-refractivity contribution < 1.29 is 9.53 Å². The van der Waals surface area contributed by atoms with E-state index >= 15 is 0 Å². The van der Waals surface area contributed by atoms with Gasteiger partial charge in [-0.15, -0.1) is 15.3 Å². The van der Waals surface area contributed by atoms with Crippen LogP contribution in [0, 0.1) is 0 Å². The largest absolute Gasteiger partial charge is 0.440 e. The van der Waals surface area contributed by atoms with Gasteiger partial charge >= 0.3 is 0 Å². The van der Waals surface area contributed by atoms with Gasteiger partial charge in [-0.2, -0.15) is 0 Å². The molecule has 1 amide bonds. The highest BCUT2D eigenvalue weighted by Crippen LogP contribution is 2.35. The van der Waals surface area contributed by atoms with Crippen molar-refractivity contribution in [2.75, 3.05) is 5.75 Å². The van der Waals surface area contributed by atoms with E-state index in [1.54, 1.807) is 30.6 Å². The van der Waals surface area contributed by atoms with Crippen molar-refractivity contribution in [3.8, 4) is 17.1 Å². The molecular formula is C22H22N6O2S. The Hall–Kier alpha value is -3.20. The average molecular weight is 435 g/mol. The van der Waals surface area contributed by atoms with Crippen LogP contribution in [0.1, 0.15) is 48.5 Å². The number of nitrogens with one attached hydrogen (secondary N) is 1. The van der Waals surface area contributed by atoms with Gasteiger partial charge in [0.15, 0.2) is 11.0 Å². The van der Waals surface area contributed by atoms with Gasteiger partial charge in [-0.05, 0) is 37.1 Å². The maximum atomic E-state index is 12.2. The first-order valence-electron chi connectivity index (χ1n) is 10.4. The van der Waals surface area contributed by atoms with E-state index in [2.05, 4.69) is 30.3 Å². The fourth-order valence-corrected chi connectivity index (χ4v) is 4.85. The van der Waals surface area contributed by atoms with Crippen LogP contribution >= 0.6 is 11.8 Å². The first-order valence-corrected chi connectivity index (χ1v) is 11.4. The van der Waals surface area contributed by atoms with Crippen LogP contribution in [-0.4, -0.2) is 37.3 Å². The lowest BCUT2D eigenvalue weighted by molar-refractivity contribution is 0.0955. The van der Waals surface area contributed by atoms with Gasteiger partial charge in [0.1, 0.15) is 5.75 Å². The Morgan fingerprint density at radius 3 is 2.71 bits per heavy atom. The van der Waals surface area contributed by atoms with Gasteiger partial charge in [0.05, 0.1) is 11.3 Å². The Morgan fingerprint density at radius 2 is 1.87 bits per heavy atom. The Kier molecular flexibility index (Phi) is 5.66. The molecule has 0 radical (unpaired) electrons. The zero-order valence-electron chi connectivity index (χ0n) is 16.9. The summed E-state index contributed by atoms with van der Waals surface area (Å²) < 4.78 is 8.16. The van der Waals surface area contributed by atoms with Crippen molar-refractivity contribution in [3.63, 3.8) is 0 Å². The second-order valence-corrected chi connectivity index (χ2v) is 8.48. The van der Waals surface area contributed by atoms with E-state index in [4.69, 9.17) is 4.74 Å². The lowest BCUT2D eigenvalue weighted by Crippen LogP contribution is -2.19. The summed E-state index contributed by atoms with van der Waals surface area (Å²) in [4.78, 5) is 16.3. The van der Waals surface area contributed by atoms with Gasteiger partial charge in [0, 0.05) is 24.0 Å². The van der Waals surface area contributed by atoms with Crippen LogP contribution < -0.4 is 10.2 Å². The SMILES string of the molecule is O=C1NN=C(CSc2nnc(-c3ccncc3)n2C2CCCCC2)Oc2ccccc21. The van der Waals surface area contributed by atoms with E-state index in [-0.39, 0.29) is 5.91 Å². The van der Waals surface area contributed by atoms with Crippen LogP contribution in [0.3, 0.4) is 0 Å². The van der Waals surface area contributed by atoms with Crippen molar-refractivity contribution >= 4 is 23.6 Å². The zero-order chi connectivity index (χ0) is 21.0. The van der Waals surface area contributed by atoms with E-state index in [0.717, 1.165) is 29.4 Å². The number of carbonyl (C=O) groups excluding carboxylic acids is 1. The molecule has 1 N–H and O–H groups in total. The highest BCUT2D eigenvalue weighted by Gasteiger charge is 2.25. The number of ether oxygens (including phenoxy) is 1. The quantitative estimate of drug-likeness (QED) is 0.608. The minimum atomic E-state index is -0.277. The number of amides is 1. The second kappa shape index (κ2) is 8.89. The standard InChI is InChI=1S/C22H22N6O2S/c29-21-17-8-4-5-9-18(17)30-19(24-26-21)14-31-22-27-25-20(15-10-12-23-13-11-15)28(22)16-6-2-1-3-7-16/h4-5,8-13,16H,1-3,6-7,14H2,(H,26,29). The molecule has 1 aromatic carbocycles. The van der Waals surface area contributed by atoms with Crippen LogP contribution in [-0.2, 0) is 0 Å². The average Bonchev–Trinajstić information content (AvgIpc) is 3.18. The molecule has 0 unspecified atom stereocenters. The molecule has 1 aliphatic carbocycles. The summed E-state index contributed by atoms with van der Waals surface area (Å²) in [5.41, 5.74) is 4.03. The lowest BCUT2D eigenvalue weighted by atomic mass is 9.95. The monoisotopic (exact) mass is 434 g/mol. The minimum absolute atomic E-state index is 0.277. The number of benzene rings is 1. The first-order chi connectivity index (χ1) is 15.3. The molecule has 2 aromatic heterocycles. The van der Waals surface area contributed by atoms with Gasteiger partial charge in [-0.25, -0.2) is 5.43 Å². The molecule has 3 aromatic rings. The number of nitrogens with zero attached hydrogens (tertiary/aromatic N) is 5. The normalized spacial score (nSPS) is 16.6. The second-order valence-electron chi connectivity index (χ2n) is 7.54. The topological polar surface area (TPSA) is 94.3 Å². The van der Waals surface area contributed by atoms with Gasteiger partial charge < -0.3 is 4.74 Å². The van der Waals surface area contributed by atoms with Crippen LogP contribution in [0.5, 0.6) is 5.75 Å². The predicted octanol–water partition coefficient (Wildman–Crippen LogP) is 4.07. The van der Waals surface area contributed by atoms with Crippen LogP contribution in [0.2, 0.25) is 0 Å². The minimum Gasteiger partial charge on any atom is -0.440 e. The lowest BCUT2D eigenvalue weighted by Gasteiger charge is -2.25. The Bertz CT molecular complexity index is 1110. The number of hydrogen-bond acceptors (Lipinski definition) is 7. The van der Waals surface area contributed by atoms with Gasteiger partial charge in [0.2, 0.25) is 5.90 Å². The van der Waals surface area contributed by atoms with Gasteiger partial charge in [-0.3, -0.25) is 14.3 Å². The number of aromatic nitrogens is 4. The number of hydrogen-bond donors (Lipinski definition) is 1. The molecule has 0 bridgehead atoms. The molecular weight excluding hydrogens is 412 g/mol. The number of thioether (sulfide) groups is 1. The molecule has 0 saturated heterocycles. The molecule has 9 heteroatoms. The van der Waals surface area contributed by atoms with Crippen molar-refractivity contribution in [2.24, 2.45) is 5.10 Å². The van der Waals surface area contributed by atoms with Crippen LogP contribution in [0.4, 0.5) is 0 Å². The molecule has 3 heterocycles. The predicted molar refractivity (Wildman–Crippen MR) is 118 cm³/mol. The molecule has 1 saturated carbocycles. The van der Waals surface area contributed by atoms with Gasteiger partial charge in [0.25, 0.3) is 5.91 Å². The molecule has 1 aliphatic heterocycles. The van der Waals surface area contributed by atoms with E-state index in [0.29, 0.717) is 29.0 Å². The highest BCUT2D eigenvalue weighted by atomic mass is 32.2. The Morgan fingerprint density at radius 1 is 1.06 bits per heavy atom. The van der Waals surface area contributed by atoms with Crippen molar-refractivity contribution in [1.82, 2.24) is 25.2 Å². The van der Waals surface area contributed by atoms with E-state index in [1.165, 1.54) is 31.0 Å². The number of carbonyl (C=O) groups is 1.